The molecule has 0 saturated heterocycles. The van der Waals surface area contributed by atoms with Gasteiger partial charge in [-0.25, -0.2) is 0 Å². The first-order valence-electron chi connectivity index (χ1n) is 9.05. The van der Waals surface area contributed by atoms with E-state index in [-0.39, 0.29) is 24.8 Å². The second-order valence-electron chi connectivity index (χ2n) is 6.31. The van der Waals surface area contributed by atoms with Gasteiger partial charge in [-0.3, -0.25) is 9.59 Å². The van der Waals surface area contributed by atoms with Crippen molar-refractivity contribution in [1.82, 2.24) is 10.2 Å². The van der Waals surface area contributed by atoms with Gasteiger partial charge in [-0.05, 0) is 49.2 Å². The van der Waals surface area contributed by atoms with E-state index in [4.69, 9.17) is 27.9 Å². The van der Waals surface area contributed by atoms with Crippen LogP contribution >= 0.6 is 23.2 Å². The zero-order valence-electron chi connectivity index (χ0n) is 16.0. The Balaban J connectivity index is 1.97. The van der Waals surface area contributed by atoms with Gasteiger partial charge in [0.25, 0.3) is 0 Å². The molecule has 1 atom stereocenters. The van der Waals surface area contributed by atoms with Crippen molar-refractivity contribution in [3.05, 3.63) is 64.1 Å². The maximum atomic E-state index is 12.8. The highest BCUT2D eigenvalue weighted by Crippen LogP contribution is 2.20. The van der Waals surface area contributed by atoms with Crippen molar-refractivity contribution in [2.75, 3.05) is 13.7 Å². The summed E-state index contributed by atoms with van der Waals surface area (Å²) in [6.45, 7) is 2.37. The van der Waals surface area contributed by atoms with Gasteiger partial charge in [0.05, 0.1) is 6.61 Å². The van der Waals surface area contributed by atoms with Crippen LogP contribution in [0.25, 0.3) is 0 Å². The first-order chi connectivity index (χ1) is 13.4. The summed E-state index contributed by atoms with van der Waals surface area (Å²) in [5.41, 5.74) is 0.797. The van der Waals surface area contributed by atoms with E-state index in [1.807, 2.05) is 18.2 Å². The molecule has 0 unspecified atom stereocenters. The van der Waals surface area contributed by atoms with E-state index >= 15 is 0 Å². The van der Waals surface area contributed by atoms with Gasteiger partial charge in [0.1, 0.15) is 11.8 Å². The molecule has 0 radical (unpaired) electrons. The highest BCUT2D eigenvalue weighted by molar-refractivity contribution is 6.31. The lowest BCUT2D eigenvalue weighted by molar-refractivity contribution is -0.140. The van der Waals surface area contributed by atoms with E-state index in [2.05, 4.69) is 5.32 Å². The van der Waals surface area contributed by atoms with Gasteiger partial charge >= 0.3 is 0 Å². The van der Waals surface area contributed by atoms with Gasteiger partial charge in [0.15, 0.2) is 0 Å². The van der Waals surface area contributed by atoms with E-state index in [0.29, 0.717) is 28.8 Å². The van der Waals surface area contributed by atoms with E-state index < -0.39 is 6.04 Å². The normalized spacial score (nSPS) is 11.6. The molecule has 28 heavy (non-hydrogen) atoms. The number of hydrogen-bond acceptors (Lipinski definition) is 3. The molecule has 0 bridgehead atoms. The average Bonchev–Trinajstić information content (AvgIpc) is 2.70. The van der Waals surface area contributed by atoms with E-state index in [1.54, 1.807) is 49.2 Å². The topological polar surface area (TPSA) is 58.6 Å². The van der Waals surface area contributed by atoms with E-state index in [9.17, 15) is 9.59 Å². The predicted molar refractivity (Wildman–Crippen MR) is 112 cm³/mol. The second-order valence-corrected chi connectivity index (χ2v) is 7.15. The van der Waals surface area contributed by atoms with Crippen LogP contribution in [0.1, 0.15) is 25.3 Å². The molecule has 0 aliphatic rings. The second kappa shape index (κ2) is 10.9. The molecule has 0 aromatic heterocycles. The monoisotopic (exact) mass is 422 g/mol. The molecule has 1 N–H and O–H groups in total. The smallest absolute Gasteiger partial charge is 0.242 e. The van der Waals surface area contributed by atoms with Crippen molar-refractivity contribution in [3.8, 4) is 5.75 Å². The fraction of sp³-hybridized carbons (Fsp3) is 0.333. The first kappa shape index (κ1) is 22.1. The Morgan fingerprint density at radius 1 is 1.11 bits per heavy atom. The summed E-state index contributed by atoms with van der Waals surface area (Å²) in [7, 11) is 1.55. The Kier molecular flexibility index (Phi) is 8.61. The molecule has 2 aromatic rings. The lowest BCUT2D eigenvalue weighted by Gasteiger charge is -2.28. The minimum Gasteiger partial charge on any atom is -0.494 e. The number of rotatable bonds is 9. The average molecular weight is 423 g/mol. The highest BCUT2D eigenvalue weighted by Gasteiger charge is 2.25. The number of benzene rings is 2. The number of amides is 2. The number of halogens is 2. The molecule has 0 saturated carbocycles. The number of hydrogen-bond donors (Lipinski definition) is 1. The van der Waals surface area contributed by atoms with Crippen LogP contribution in [0, 0.1) is 0 Å². The van der Waals surface area contributed by atoms with Crippen LogP contribution in [-0.4, -0.2) is 36.4 Å². The van der Waals surface area contributed by atoms with Gasteiger partial charge < -0.3 is 15.0 Å². The van der Waals surface area contributed by atoms with Crippen molar-refractivity contribution in [2.45, 2.75) is 32.4 Å². The SMILES string of the molecule is CNC(=O)[C@H](C)N(Cc1ccccc1Cl)C(=O)CCCOc1ccc(Cl)cc1. The van der Waals surface area contributed by atoms with Crippen LogP contribution in [0.15, 0.2) is 48.5 Å². The third-order valence-corrected chi connectivity index (χ3v) is 4.95. The fourth-order valence-electron chi connectivity index (χ4n) is 2.69. The van der Waals surface area contributed by atoms with Crippen LogP contribution in [0.4, 0.5) is 0 Å². The molecule has 150 valence electrons. The number of nitrogens with zero attached hydrogens (tertiary/aromatic N) is 1. The summed E-state index contributed by atoms with van der Waals surface area (Å²) in [5.74, 6) is 0.344. The summed E-state index contributed by atoms with van der Waals surface area (Å²) in [6.07, 6.45) is 0.792. The maximum Gasteiger partial charge on any atom is 0.242 e. The van der Waals surface area contributed by atoms with Gasteiger partial charge in [0.2, 0.25) is 11.8 Å². The van der Waals surface area contributed by atoms with Crippen molar-refractivity contribution >= 4 is 35.0 Å². The Bertz CT molecular complexity index is 796. The molecule has 0 aliphatic heterocycles. The standard InChI is InChI=1S/C21H24Cl2N2O3/c1-15(21(27)24-2)25(14-16-6-3-4-7-19(16)23)20(26)8-5-13-28-18-11-9-17(22)10-12-18/h3-4,6-7,9-12,15H,5,8,13-14H2,1-2H3,(H,24,27)/t15-/m0/s1. The van der Waals surface area contributed by atoms with Gasteiger partial charge in [-0.1, -0.05) is 41.4 Å². The summed E-state index contributed by atoms with van der Waals surface area (Å²) < 4.78 is 5.63. The molecule has 5 nitrogen and oxygen atoms in total. The zero-order chi connectivity index (χ0) is 20.5. The zero-order valence-corrected chi connectivity index (χ0v) is 17.5. The quantitative estimate of drug-likeness (QED) is 0.612. The molecular formula is C21H24Cl2N2O3. The fourth-order valence-corrected chi connectivity index (χ4v) is 3.01. The number of carbonyl (C=O) groups excluding carboxylic acids is 2. The van der Waals surface area contributed by atoms with E-state index in [1.165, 1.54) is 0 Å². The summed E-state index contributed by atoms with van der Waals surface area (Å²) in [6, 6.07) is 13.8. The van der Waals surface area contributed by atoms with Crippen LogP contribution in [0.3, 0.4) is 0 Å². The van der Waals surface area contributed by atoms with Gasteiger partial charge in [-0.15, -0.1) is 0 Å². The van der Waals surface area contributed by atoms with Crippen molar-refractivity contribution in [1.29, 1.82) is 0 Å². The Morgan fingerprint density at radius 3 is 2.43 bits per heavy atom. The lowest BCUT2D eigenvalue weighted by atomic mass is 10.1. The molecule has 2 amide bonds. The highest BCUT2D eigenvalue weighted by atomic mass is 35.5. The van der Waals surface area contributed by atoms with Gasteiger partial charge in [0, 0.05) is 30.1 Å². The Morgan fingerprint density at radius 2 is 1.79 bits per heavy atom. The van der Waals surface area contributed by atoms with Crippen LogP contribution in [0.2, 0.25) is 10.0 Å². The van der Waals surface area contributed by atoms with Gasteiger partial charge in [-0.2, -0.15) is 0 Å². The predicted octanol–water partition coefficient (Wildman–Crippen LogP) is 4.32. The number of likely N-dealkylation sites (N-methyl/N-ethyl adjacent to an activating group) is 1. The largest absolute Gasteiger partial charge is 0.494 e. The molecule has 7 heteroatoms. The van der Waals surface area contributed by atoms with Crippen LogP contribution < -0.4 is 10.1 Å². The van der Waals surface area contributed by atoms with Crippen molar-refractivity contribution < 1.29 is 14.3 Å². The lowest BCUT2D eigenvalue weighted by Crippen LogP contribution is -2.46. The minimum atomic E-state index is -0.606. The third kappa shape index (κ3) is 6.43. The number of ether oxygens (including phenoxy) is 1. The molecule has 0 spiro atoms. The third-order valence-electron chi connectivity index (χ3n) is 4.33. The first-order valence-corrected chi connectivity index (χ1v) is 9.80. The van der Waals surface area contributed by atoms with Crippen LogP contribution in [0.5, 0.6) is 5.75 Å². The summed E-state index contributed by atoms with van der Waals surface area (Å²) in [5, 5.41) is 3.80. The summed E-state index contributed by atoms with van der Waals surface area (Å²) >= 11 is 12.1. The Labute approximate surface area is 175 Å². The Hall–Kier alpha value is -2.24. The van der Waals surface area contributed by atoms with E-state index in [0.717, 1.165) is 5.56 Å². The summed E-state index contributed by atoms with van der Waals surface area (Å²) in [4.78, 5) is 26.5. The molecule has 2 rings (SSSR count). The minimum absolute atomic E-state index is 0.129. The maximum absolute atomic E-state index is 12.8. The van der Waals surface area contributed by atoms with Crippen molar-refractivity contribution in [2.24, 2.45) is 0 Å². The number of carbonyl (C=O) groups is 2. The molecule has 0 heterocycles. The number of nitrogens with one attached hydrogen (secondary N) is 1. The molecular weight excluding hydrogens is 399 g/mol. The van der Waals surface area contributed by atoms with Crippen LogP contribution in [-0.2, 0) is 16.1 Å². The van der Waals surface area contributed by atoms with Crippen molar-refractivity contribution in [3.63, 3.8) is 0 Å². The molecule has 0 fully saturated rings. The molecule has 0 aliphatic carbocycles. The molecule has 2 aromatic carbocycles.